The van der Waals surface area contributed by atoms with Crippen LogP contribution in [0.25, 0.3) is 22.1 Å². The summed E-state index contributed by atoms with van der Waals surface area (Å²) in [5, 5.41) is 4.98. The van der Waals surface area contributed by atoms with Gasteiger partial charge in [0.05, 0.1) is 34.3 Å². The fraction of sp³-hybridized carbons (Fsp3) is 0.280. The molecule has 1 atom stereocenters. The first kappa shape index (κ1) is 24.4. The van der Waals surface area contributed by atoms with E-state index in [0.717, 1.165) is 27.7 Å². The van der Waals surface area contributed by atoms with Crippen LogP contribution >= 0.6 is 11.6 Å². The van der Waals surface area contributed by atoms with Crippen LogP contribution in [0.3, 0.4) is 0 Å². The number of nitrogens with one attached hydrogen (secondary N) is 2. The lowest BCUT2D eigenvalue weighted by atomic mass is 10.0. The predicted octanol–water partition coefficient (Wildman–Crippen LogP) is 2.92. The van der Waals surface area contributed by atoms with Crippen LogP contribution in [0.4, 0.5) is 11.5 Å². The quantitative estimate of drug-likeness (QED) is 0.261. The maximum absolute atomic E-state index is 12.8. The Morgan fingerprint density at radius 3 is 2.84 bits per heavy atom. The molecule has 1 aromatic carbocycles. The molecule has 1 aliphatic rings. The number of fused-ring (bicyclic) bond motifs is 2. The van der Waals surface area contributed by atoms with E-state index in [1.165, 1.54) is 18.6 Å². The van der Waals surface area contributed by atoms with Crippen molar-refractivity contribution in [2.24, 2.45) is 10.7 Å². The molecule has 3 aromatic heterocycles. The Kier molecular flexibility index (Phi) is 6.87. The van der Waals surface area contributed by atoms with Crippen LogP contribution in [0.15, 0.2) is 53.8 Å². The van der Waals surface area contributed by atoms with Crippen LogP contribution < -0.4 is 16.0 Å². The SMILES string of the molecule is CN=CC=C(N)C(=O)N1CCN(c2c(C(C)Nc3ncnc4nc[nH]c34)cc(Cl)c3cccnc23)CC1. The summed E-state index contributed by atoms with van der Waals surface area (Å²) in [6.07, 6.45) is 7.89. The molecule has 190 valence electrons. The molecule has 1 saturated heterocycles. The van der Waals surface area contributed by atoms with E-state index in [4.69, 9.17) is 22.3 Å². The monoisotopic (exact) mass is 518 g/mol. The van der Waals surface area contributed by atoms with Crippen LogP contribution in [0, 0.1) is 0 Å². The van der Waals surface area contributed by atoms with Gasteiger partial charge in [-0.15, -0.1) is 0 Å². The number of allylic oxidation sites excluding steroid dienone is 1. The summed E-state index contributed by atoms with van der Waals surface area (Å²) < 4.78 is 0. The highest BCUT2D eigenvalue weighted by molar-refractivity contribution is 6.36. The molecule has 0 bridgehead atoms. The molecule has 4 N–H and O–H groups in total. The van der Waals surface area contributed by atoms with E-state index in [9.17, 15) is 4.79 Å². The van der Waals surface area contributed by atoms with Crippen LogP contribution in [0.2, 0.25) is 5.02 Å². The number of hydrogen-bond acceptors (Lipinski definition) is 9. The zero-order chi connectivity index (χ0) is 25.9. The summed E-state index contributed by atoms with van der Waals surface area (Å²) in [4.78, 5) is 41.3. The standard InChI is InChI=1S/C25H27ClN10O/c1-15(34-24-21-23(31-13-30-21)32-14-33-24)17-12-18(26)16-4-3-6-29-20(16)22(17)35-8-10-36(11-9-35)25(37)19(27)5-7-28-2/h3-7,12-15H,8-11,27H2,1-2H3,(H2,30,31,32,33,34). The van der Waals surface area contributed by atoms with Crippen molar-refractivity contribution >= 4 is 57.3 Å². The second-order valence-electron chi connectivity index (χ2n) is 8.69. The number of imidazole rings is 1. The Hall–Kier alpha value is -4.25. The second kappa shape index (κ2) is 10.4. The van der Waals surface area contributed by atoms with Gasteiger partial charge in [0.2, 0.25) is 0 Å². The number of aliphatic imine (C=N–C) groups is 1. The Balaban J connectivity index is 1.47. The maximum atomic E-state index is 12.8. The van der Waals surface area contributed by atoms with E-state index in [0.29, 0.717) is 42.7 Å². The van der Waals surface area contributed by atoms with Gasteiger partial charge in [0.25, 0.3) is 5.91 Å². The number of amides is 1. The van der Waals surface area contributed by atoms with Crippen molar-refractivity contribution in [3.05, 3.63) is 59.4 Å². The van der Waals surface area contributed by atoms with E-state index in [-0.39, 0.29) is 17.6 Å². The summed E-state index contributed by atoms with van der Waals surface area (Å²) in [6, 6.07) is 5.65. The number of carbonyl (C=O) groups is 1. The highest BCUT2D eigenvalue weighted by Gasteiger charge is 2.27. The minimum absolute atomic E-state index is 0.172. The molecular formula is C25H27ClN10O. The van der Waals surface area contributed by atoms with Crippen molar-refractivity contribution in [3.8, 4) is 0 Å². The van der Waals surface area contributed by atoms with Crippen molar-refractivity contribution in [3.63, 3.8) is 0 Å². The van der Waals surface area contributed by atoms with Crippen molar-refractivity contribution in [2.75, 3.05) is 43.4 Å². The lowest BCUT2D eigenvalue weighted by molar-refractivity contribution is -0.127. The summed E-state index contributed by atoms with van der Waals surface area (Å²) >= 11 is 6.73. The molecular weight excluding hydrogens is 492 g/mol. The van der Waals surface area contributed by atoms with E-state index < -0.39 is 0 Å². The molecule has 1 aliphatic heterocycles. The second-order valence-corrected chi connectivity index (χ2v) is 9.10. The zero-order valence-corrected chi connectivity index (χ0v) is 21.3. The van der Waals surface area contributed by atoms with E-state index >= 15 is 0 Å². The molecule has 0 saturated carbocycles. The van der Waals surface area contributed by atoms with Gasteiger partial charge in [0.1, 0.15) is 11.8 Å². The van der Waals surface area contributed by atoms with Gasteiger partial charge in [0, 0.05) is 56.6 Å². The van der Waals surface area contributed by atoms with Gasteiger partial charge in [-0.05, 0) is 31.2 Å². The minimum Gasteiger partial charge on any atom is -0.394 e. The Morgan fingerprint density at radius 1 is 1.24 bits per heavy atom. The molecule has 5 rings (SSSR count). The van der Waals surface area contributed by atoms with Crippen molar-refractivity contribution < 1.29 is 4.79 Å². The minimum atomic E-state index is -0.193. The third kappa shape index (κ3) is 4.77. The number of aromatic amines is 1. The summed E-state index contributed by atoms with van der Waals surface area (Å²) in [7, 11) is 1.63. The predicted molar refractivity (Wildman–Crippen MR) is 146 cm³/mol. The highest BCUT2D eigenvalue weighted by atomic mass is 35.5. The molecule has 0 spiro atoms. The number of piperazine rings is 1. The van der Waals surface area contributed by atoms with E-state index in [2.05, 4.69) is 42.1 Å². The van der Waals surface area contributed by atoms with E-state index in [1.54, 1.807) is 24.5 Å². The number of halogens is 1. The average Bonchev–Trinajstić information content (AvgIpc) is 3.41. The number of anilines is 2. The molecule has 4 heterocycles. The van der Waals surface area contributed by atoms with Gasteiger partial charge in [0.15, 0.2) is 11.5 Å². The summed E-state index contributed by atoms with van der Waals surface area (Å²) in [6.45, 7) is 4.33. The molecule has 1 unspecified atom stereocenters. The third-order valence-electron chi connectivity index (χ3n) is 6.42. The highest BCUT2D eigenvalue weighted by Crippen LogP contribution is 2.39. The molecule has 0 aliphatic carbocycles. The first-order chi connectivity index (χ1) is 18.0. The molecule has 37 heavy (non-hydrogen) atoms. The largest absolute Gasteiger partial charge is 0.394 e. The number of benzene rings is 1. The average molecular weight is 519 g/mol. The van der Waals surface area contributed by atoms with Gasteiger partial charge in [-0.25, -0.2) is 15.0 Å². The normalized spacial score (nSPS) is 15.6. The smallest absolute Gasteiger partial charge is 0.269 e. The zero-order valence-electron chi connectivity index (χ0n) is 20.5. The van der Waals surface area contributed by atoms with Crippen LogP contribution in [-0.2, 0) is 4.79 Å². The third-order valence-corrected chi connectivity index (χ3v) is 6.73. The number of carbonyl (C=O) groups excluding carboxylic acids is 1. The van der Waals surface area contributed by atoms with Gasteiger partial charge >= 0.3 is 0 Å². The summed E-state index contributed by atoms with van der Waals surface area (Å²) in [5.41, 5.74) is 10.2. The van der Waals surface area contributed by atoms with Crippen LogP contribution in [-0.4, -0.2) is 75.2 Å². The number of hydrogen-bond donors (Lipinski definition) is 3. The van der Waals surface area contributed by atoms with Gasteiger partial charge < -0.3 is 25.8 Å². The van der Waals surface area contributed by atoms with Gasteiger partial charge in [-0.1, -0.05) is 11.6 Å². The Bertz CT molecular complexity index is 1510. The lowest BCUT2D eigenvalue weighted by Gasteiger charge is -2.38. The number of H-pyrrole nitrogens is 1. The molecule has 0 radical (unpaired) electrons. The molecule has 1 amide bonds. The van der Waals surface area contributed by atoms with Crippen molar-refractivity contribution in [2.45, 2.75) is 13.0 Å². The molecule has 1 fully saturated rings. The number of nitrogens with zero attached hydrogens (tertiary/aromatic N) is 7. The van der Waals surface area contributed by atoms with Gasteiger partial charge in [-0.2, -0.15) is 0 Å². The molecule has 12 heteroatoms. The lowest BCUT2D eigenvalue weighted by Crippen LogP contribution is -2.50. The topological polar surface area (TPSA) is 141 Å². The molecule has 11 nitrogen and oxygen atoms in total. The number of aromatic nitrogens is 5. The Labute approximate surface area is 218 Å². The van der Waals surface area contributed by atoms with Crippen LogP contribution in [0.5, 0.6) is 0 Å². The Morgan fingerprint density at radius 2 is 2.05 bits per heavy atom. The van der Waals surface area contributed by atoms with Crippen molar-refractivity contribution in [1.82, 2.24) is 29.8 Å². The first-order valence-electron chi connectivity index (χ1n) is 11.9. The number of rotatable bonds is 6. The van der Waals surface area contributed by atoms with Crippen LogP contribution in [0.1, 0.15) is 18.5 Å². The van der Waals surface area contributed by atoms with Crippen molar-refractivity contribution in [1.29, 1.82) is 0 Å². The van der Waals surface area contributed by atoms with Gasteiger partial charge in [-0.3, -0.25) is 14.8 Å². The number of nitrogens with two attached hydrogens (primary N) is 1. The van der Waals surface area contributed by atoms with E-state index in [1.807, 2.05) is 18.2 Å². The number of pyridine rings is 1. The molecule has 4 aromatic rings. The fourth-order valence-electron chi connectivity index (χ4n) is 4.57. The fourth-order valence-corrected chi connectivity index (χ4v) is 4.84. The summed E-state index contributed by atoms with van der Waals surface area (Å²) in [5.74, 6) is 0.452. The first-order valence-corrected chi connectivity index (χ1v) is 12.3. The maximum Gasteiger partial charge on any atom is 0.269 e.